The Hall–Kier alpha value is -3.47. The summed E-state index contributed by atoms with van der Waals surface area (Å²) < 4.78 is 33.1. The van der Waals surface area contributed by atoms with Crippen molar-refractivity contribution in [3.05, 3.63) is 60.3 Å². The van der Waals surface area contributed by atoms with Gasteiger partial charge >= 0.3 is 5.92 Å². The minimum atomic E-state index is -3.37. The van der Waals surface area contributed by atoms with Crippen molar-refractivity contribution < 1.29 is 8.78 Å². The average molecular weight is 398 g/mol. The molecule has 4 heterocycles. The number of fused-ring (bicyclic) bond motifs is 2. The lowest BCUT2D eigenvalue weighted by molar-refractivity contribution is 0.0308. The molecule has 28 heavy (non-hydrogen) atoms. The van der Waals surface area contributed by atoms with E-state index in [2.05, 4.69) is 30.7 Å². The largest absolute Gasteiger partial charge is 0.333 e. The van der Waals surface area contributed by atoms with Crippen LogP contribution in [0.5, 0.6) is 0 Å². The molecule has 11 heteroatoms. The van der Waals surface area contributed by atoms with Gasteiger partial charge in [-0.15, -0.1) is 15.3 Å². The molecule has 0 spiro atoms. The maximum absolute atomic E-state index is 15.2. The van der Waals surface area contributed by atoms with Gasteiger partial charge in [-0.3, -0.25) is 9.67 Å². The van der Waals surface area contributed by atoms with E-state index in [1.54, 1.807) is 48.5 Å². The molecule has 0 fully saturated rings. The van der Waals surface area contributed by atoms with E-state index in [0.29, 0.717) is 21.7 Å². The van der Waals surface area contributed by atoms with Crippen LogP contribution in [0.2, 0.25) is 0 Å². The first kappa shape index (κ1) is 16.7. The van der Waals surface area contributed by atoms with Crippen LogP contribution in [0.25, 0.3) is 15.9 Å². The highest BCUT2D eigenvalue weighted by molar-refractivity contribution is 7.20. The summed E-state index contributed by atoms with van der Waals surface area (Å²) in [5.74, 6) is -3.91. The number of aromatic nitrogens is 7. The van der Waals surface area contributed by atoms with Gasteiger partial charge in [0.05, 0.1) is 17.4 Å². The molecule has 5 rings (SSSR count). The zero-order valence-electron chi connectivity index (χ0n) is 14.4. The average Bonchev–Trinajstić information content (AvgIpc) is 3.37. The number of aryl methyl sites for hydroxylation is 1. The van der Waals surface area contributed by atoms with Gasteiger partial charge in [0.15, 0.2) is 0 Å². The van der Waals surface area contributed by atoms with Gasteiger partial charge in [0, 0.05) is 30.4 Å². The topological polar surface area (TPSA) is 85.8 Å². The molecule has 0 aliphatic heterocycles. The Balaban J connectivity index is 1.54. The summed E-state index contributed by atoms with van der Waals surface area (Å²) in [6.45, 7) is 0. The smallest absolute Gasteiger partial charge is 0.327 e. The van der Waals surface area contributed by atoms with Crippen molar-refractivity contribution in [3.8, 4) is 0 Å². The highest BCUT2D eigenvalue weighted by atomic mass is 32.1. The van der Waals surface area contributed by atoms with Gasteiger partial charge in [0.25, 0.3) is 0 Å². The maximum Gasteiger partial charge on any atom is 0.333 e. The molecule has 8 nitrogen and oxygen atoms in total. The van der Waals surface area contributed by atoms with Crippen LogP contribution in [0.4, 0.5) is 19.6 Å². The molecule has 0 aliphatic carbocycles. The normalized spacial score (nSPS) is 12.1. The molecule has 1 aromatic carbocycles. The third-order valence-electron chi connectivity index (χ3n) is 4.19. The van der Waals surface area contributed by atoms with Crippen LogP contribution < -0.4 is 5.32 Å². The molecule has 0 unspecified atom stereocenters. The van der Waals surface area contributed by atoms with Gasteiger partial charge in [-0.1, -0.05) is 23.5 Å². The molecule has 5 aromatic rings. The predicted octanol–water partition coefficient (Wildman–Crippen LogP) is 3.35. The van der Waals surface area contributed by atoms with E-state index in [0.717, 1.165) is 15.9 Å². The fourth-order valence-corrected chi connectivity index (χ4v) is 3.63. The summed E-state index contributed by atoms with van der Waals surface area (Å²) in [5.41, 5.74) is 1.14. The fraction of sp³-hybridized carbons (Fsp3) is 0.118. The van der Waals surface area contributed by atoms with E-state index in [9.17, 15) is 0 Å². The molecule has 0 atom stereocenters. The van der Waals surface area contributed by atoms with E-state index in [4.69, 9.17) is 0 Å². The Morgan fingerprint density at radius 3 is 2.89 bits per heavy atom. The standard InChI is InChI=1S/C17H12F2N8S/c1-26-9-12(8-21-26)22-15-25-27-14(23-24-16(27)28-15)17(18,19)11-4-5-13-10(7-11)3-2-6-20-13/h2-9H,1H3,(H,22,25). The Morgan fingerprint density at radius 2 is 2.07 bits per heavy atom. The van der Waals surface area contributed by atoms with Crippen LogP contribution in [-0.4, -0.2) is 34.6 Å². The quantitative estimate of drug-likeness (QED) is 0.500. The van der Waals surface area contributed by atoms with E-state index < -0.39 is 11.7 Å². The van der Waals surface area contributed by atoms with Crippen molar-refractivity contribution >= 4 is 38.0 Å². The number of hydrogen-bond donors (Lipinski definition) is 1. The summed E-state index contributed by atoms with van der Waals surface area (Å²) in [4.78, 5) is 4.43. The third-order valence-corrected chi connectivity index (χ3v) is 5.01. The van der Waals surface area contributed by atoms with Gasteiger partial charge in [0.1, 0.15) is 0 Å². The Bertz CT molecular complexity index is 1300. The van der Waals surface area contributed by atoms with Crippen LogP contribution >= 0.6 is 11.3 Å². The molecule has 0 radical (unpaired) electrons. The number of anilines is 2. The molecule has 0 amide bonds. The highest BCUT2D eigenvalue weighted by Crippen LogP contribution is 2.37. The minimum Gasteiger partial charge on any atom is -0.327 e. The molecule has 140 valence electrons. The zero-order valence-corrected chi connectivity index (χ0v) is 15.2. The molecular weight excluding hydrogens is 386 g/mol. The molecule has 0 saturated heterocycles. The summed E-state index contributed by atoms with van der Waals surface area (Å²) in [6, 6.07) is 7.76. The Labute approximate surface area is 160 Å². The highest BCUT2D eigenvalue weighted by Gasteiger charge is 2.40. The second-order valence-corrected chi connectivity index (χ2v) is 7.09. The van der Waals surface area contributed by atoms with Crippen LogP contribution in [0.1, 0.15) is 11.4 Å². The summed E-state index contributed by atoms with van der Waals surface area (Å²) in [7, 11) is 1.78. The Morgan fingerprint density at radius 1 is 1.18 bits per heavy atom. The van der Waals surface area contributed by atoms with Gasteiger partial charge in [-0.25, -0.2) is 0 Å². The van der Waals surface area contributed by atoms with E-state index in [1.165, 1.54) is 12.1 Å². The first-order valence-corrected chi connectivity index (χ1v) is 9.04. The van der Waals surface area contributed by atoms with Gasteiger partial charge < -0.3 is 5.32 Å². The van der Waals surface area contributed by atoms with Gasteiger partial charge in [-0.05, 0) is 18.2 Å². The van der Waals surface area contributed by atoms with E-state index >= 15 is 8.78 Å². The molecule has 0 saturated carbocycles. The second kappa shape index (κ2) is 6.02. The lowest BCUT2D eigenvalue weighted by Crippen LogP contribution is -2.19. The summed E-state index contributed by atoms with van der Waals surface area (Å²) >= 11 is 1.12. The molecule has 1 N–H and O–H groups in total. The van der Waals surface area contributed by atoms with Crippen molar-refractivity contribution in [2.24, 2.45) is 7.05 Å². The van der Waals surface area contributed by atoms with Crippen LogP contribution in [-0.2, 0) is 13.0 Å². The number of nitrogens with one attached hydrogen (secondary N) is 1. The summed E-state index contributed by atoms with van der Waals surface area (Å²) in [5, 5.41) is 19.9. The summed E-state index contributed by atoms with van der Waals surface area (Å²) in [6.07, 6.45) is 4.98. The van der Waals surface area contributed by atoms with Crippen molar-refractivity contribution in [2.75, 3.05) is 5.32 Å². The van der Waals surface area contributed by atoms with Crippen molar-refractivity contribution in [2.45, 2.75) is 5.92 Å². The molecule has 4 aromatic heterocycles. The van der Waals surface area contributed by atoms with Crippen molar-refractivity contribution in [3.63, 3.8) is 0 Å². The molecule has 0 aliphatic rings. The second-order valence-electron chi connectivity index (χ2n) is 6.14. The fourth-order valence-electron chi connectivity index (χ4n) is 2.87. The lowest BCUT2D eigenvalue weighted by Gasteiger charge is -2.14. The SMILES string of the molecule is Cn1cc(Nc2nn3c(C(F)(F)c4ccc5ncccc5c4)nnc3s2)cn1. The Kier molecular flexibility index (Phi) is 3.59. The van der Waals surface area contributed by atoms with E-state index in [1.807, 2.05) is 0 Å². The first-order valence-electron chi connectivity index (χ1n) is 8.22. The molecular formula is C17H12F2N8S. The number of alkyl halides is 2. The van der Waals surface area contributed by atoms with Crippen LogP contribution in [0.3, 0.4) is 0 Å². The first-order chi connectivity index (χ1) is 13.5. The maximum atomic E-state index is 15.2. The zero-order chi connectivity index (χ0) is 19.3. The third kappa shape index (κ3) is 2.67. The van der Waals surface area contributed by atoms with Crippen molar-refractivity contribution in [1.29, 1.82) is 0 Å². The van der Waals surface area contributed by atoms with Crippen LogP contribution in [0, 0.1) is 0 Å². The van der Waals surface area contributed by atoms with E-state index in [-0.39, 0.29) is 10.5 Å². The monoisotopic (exact) mass is 398 g/mol. The number of nitrogens with zero attached hydrogens (tertiary/aromatic N) is 7. The number of halogens is 2. The van der Waals surface area contributed by atoms with Crippen molar-refractivity contribution in [1.82, 2.24) is 34.6 Å². The predicted molar refractivity (Wildman–Crippen MR) is 99.9 cm³/mol. The van der Waals surface area contributed by atoms with Crippen LogP contribution in [0.15, 0.2) is 48.9 Å². The number of benzene rings is 1. The number of rotatable bonds is 4. The lowest BCUT2D eigenvalue weighted by atomic mass is 10.0. The van der Waals surface area contributed by atoms with Gasteiger partial charge in [0.2, 0.25) is 15.9 Å². The minimum absolute atomic E-state index is 0.197. The number of hydrogen-bond acceptors (Lipinski definition) is 7. The van der Waals surface area contributed by atoms with Gasteiger partial charge in [-0.2, -0.15) is 18.4 Å². The molecule has 0 bridgehead atoms. The number of pyridine rings is 1.